The quantitative estimate of drug-likeness (QED) is 0.0456. The third-order valence-electron chi connectivity index (χ3n) is 10.9. The van der Waals surface area contributed by atoms with E-state index in [1.807, 2.05) is 0 Å². The summed E-state index contributed by atoms with van der Waals surface area (Å²) in [7, 11) is 9.58. The van der Waals surface area contributed by atoms with Gasteiger partial charge in [0.05, 0.1) is 54.5 Å². The summed E-state index contributed by atoms with van der Waals surface area (Å²) in [5.74, 6) is 0. The van der Waals surface area contributed by atoms with E-state index in [0.717, 1.165) is 35.3 Å². The maximum absolute atomic E-state index is 6.14. The highest BCUT2D eigenvalue weighted by Gasteiger charge is 2.16. The SMILES string of the molecule is CCCCCCCCCCCCCCCCCC[N+](C)(C)CCOCC[N+](C)(C)CCCCCCCCCCCCCCCCCC.[Br-].[Br-]. The molecule has 0 aromatic rings. The first kappa shape index (κ1) is 54.2. The van der Waals surface area contributed by atoms with Crippen molar-refractivity contribution in [1.82, 2.24) is 0 Å². The third kappa shape index (κ3) is 44.9. The molecule has 0 aliphatic carbocycles. The van der Waals surface area contributed by atoms with E-state index in [9.17, 15) is 0 Å². The zero-order valence-corrected chi connectivity index (χ0v) is 38.1. The van der Waals surface area contributed by atoms with Crippen LogP contribution in [0.5, 0.6) is 0 Å². The number of nitrogens with zero attached hydrogens (tertiary/aromatic N) is 2. The molecule has 0 spiro atoms. The standard InChI is InChI=1S/C44H94N2O.2BrH/c1-7-9-11-13-15-17-19-21-23-25-27-29-31-33-35-37-39-45(3,4)41-43-47-44-42-46(5,6)40-38-36-34-32-30-28-26-24-22-20-18-16-14-12-10-8-2;;/h7-44H2,1-6H3;2*1H/q+2;;/p-2. The molecular formula is C44H94Br2N2O. The molecule has 0 aliphatic heterocycles. The maximum atomic E-state index is 6.14. The second kappa shape index (κ2) is 41.6. The lowest BCUT2D eigenvalue weighted by Gasteiger charge is -2.31. The van der Waals surface area contributed by atoms with Gasteiger partial charge in [0.1, 0.15) is 13.1 Å². The predicted octanol–water partition coefficient (Wildman–Crippen LogP) is 7.69. The van der Waals surface area contributed by atoms with Crippen molar-refractivity contribution in [3.63, 3.8) is 0 Å². The average Bonchev–Trinajstić information content (AvgIpc) is 3.04. The van der Waals surface area contributed by atoms with Gasteiger partial charge in [-0.15, -0.1) is 0 Å². The summed E-state index contributed by atoms with van der Waals surface area (Å²) in [5, 5.41) is 0. The second-order valence-corrected chi connectivity index (χ2v) is 17.0. The molecule has 0 bridgehead atoms. The molecule has 300 valence electrons. The summed E-state index contributed by atoms with van der Waals surface area (Å²) < 4.78 is 8.35. The number of rotatable bonds is 40. The molecule has 49 heavy (non-hydrogen) atoms. The highest BCUT2D eigenvalue weighted by molar-refractivity contribution is 4.52. The van der Waals surface area contributed by atoms with E-state index < -0.39 is 0 Å². The minimum atomic E-state index is 0. The number of halogens is 2. The van der Waals surface area contributed by atoms with Crippen molar-refractivity contribution in [3.05, 3.63) is 0 Å². The summed E-state index contributed by atoms with van der Waals surface area (Å²) in [6, 6.07) is 0. The molecule has 0 aromatic heterocycles. The van der Waals surface area contributed by atoms with Crippen LogP contribution in [-0.4, -0.2) is 76.5 Å². The van der Waals surface area contributed by atoms with Crippen LogP contribution in [0.3, 0.4) is 0 Å². The summed E-state index contributed by atoms with van der Waals surface area (Å²) in [6.07, 6.45) is 46.3. The lowest BCUT2D eigenvalue weighted by molar-refractivity contribution is -0.894. The van der Waals surface area contributed by atoms with E-state index in [0.29, 0.717) is 0 Å². The molecule has 0 amide bonds. The van der Waals surface area contributed by atoms with Crippen LogP contribution < -0.4 is 34.0 Å². The van der Waals surface area contributed by atoms with E-state index >= 15 is 0 Å². The van der Waals surface area contributed by atoms with Gasteiger partial charge < -0.3 is 47.7 Å². The van der Waals surface area contributed by atoms with Crippen LogP contribution in [-0.2, 0) is 4.74 Å². The van der Waals surface area contributed by atoms with Crippen molar-refractivity contribution >= 4 is 0 Å². The minimum absolute atomic E-state index is 0. The van der Waals surface area contributed by atoms with Crippen LogP contribution in [0.1, 0.15) is 219 Å². The molecule has 0 atom stereocenters. The van der Waals surface area contributed by atoms with Gasteiger partial charge in [-0.05, 0) is 25.7 Å². The van der Waals surface area contributed by atoms with Crippen molar-refractivity contribution in [1.29, 1.82) is 0 Å². The van der Waals surface area contributed by atoms with E-state index in [4.69, 9.17) is 4.74 Å². The van der Waals surface area contributed by atoms with Crippen LogP contribution in [0, 0.1) is 0 Å². The Balaban J connectivity index is -0.0000106. The lowest BCUT2D eigenvalue weighted by atomic mass is 10.0. The molecule has 0 aromatic carbocycles. The Morgan fingerprint density at radius 2 is 0.449 bits per heavy atom. The molecule has 0 aliphatic rings. The molecule has 0 radical (unpaired) electrons. The van der Waals surface area contributed by atoms with Crippen molar-refractivity contribution in [3.8, 4) is 0 Å². The molecule has 0 saturated heterocycles. The zero-order valence-electron chi connectivity index (χ0n) is 34.9. The molecule has 0 unspecified atom stereocenters. The van der Waals surface area contributed by atoms with Gasteiger partial charge in [0.15, 0.2) is 0 Å². The van der Waals surface area contributed by atoms with Crippen molar-refractivity contribution in [2.45, 2.75) is 219 Å². The van der Waals surface area contributed by atoms with E-state index in [1.54, 1.807) is 0 Å². The fourth-order valence-electron chi connectivity index (χ4n) is 7.12. The number of hydrogen-bond acceptors (Lipinski definition) is 1. The number of quaternary nitrogens is 2. The number of unbranched alkanes of at least 4 members (excludes halogenated alkanes) is 30. The van der Waals surface area contributed by atoms with Gasteiger partial charge >= 0.3 is 0 Å². The first-order chi connectivity index (χ1) is 22.8. The Kier molecular flexibility index (Phi) is 46.0. The Hall–Kier alpha value is 0.840. The Morgan fingerprint density at radius 3 is 0.653 bits per heavy atom. The van der Waals surface area contributed by atoms with Crippen LogP contribution in [0.25, 0.3) is 0 Å². The first-order valence-corrected chi connectivity index (χ1v) is 22.0. The van der Waals surface area contributed by atoms with Gasteiger partial charge in [-0.3, -0.25) is 0 Å². The topological polar surface area (TPSA) is 9.23 Å². The normalized spacial score (nSPS) is 11.9. The Bertz CT molecular complexity index is 551. The minimum Gasteiger partial charge on any atom is -1.00 e. The summed E-state index contributed by atoms with van der Waals surface area (Å²) in [5.41, 5.74) is 0. The number of likely N-dealkylation sites (N-methyl/N-ethyl adjacent to an activating group) is 2. The van der Waals surface area contributed by atoms with Crippen molar-refractivity contribution in [2.75, 3.05) is 67.6 Å². The molecule has 0 N–H and O–H groups in total. The van der Waals surface area contributed by atoms with E-state index in [-0.39, 0.29) is 34.0 Å². The summed E-state index contributed by atoms with van der Waals surface area (Å²) >= 11 is 0. The van der Waals surface area contributed by atoms with Gasteiger partial charge in [0.25, 0.3) is 0 Å². The highest BCUT2D eigenvalue weighted by atomic mass is 79.9. The van der Waals surface area contributed by atoms with Crippen LogP contribution in [0.4, 0.5) is 0 Å². The second-order valence-electron chi connectivity index (χ2n) is 17.0. The third-order valence-corrected chi connectivity index (χ3v) is 10.9. The fourth-order valence-corrected chi connectivity index (χ4v) is 7.12. The molecule has 0 saturated carbocycles. The van der Waals surface area contributed by atoms with Crippen molar-refractivity contribution in [2.24, 2.45) is 0 Å². The molecule has 0 heterocycles. The summed E-state index contributed by atoms with van der Waals surface area (Å²) in [6.45, 7) is 11.3. The fraction of sp³-hybridized carbons (Fsp3) is 1.00. The van der Waals surface area contributed by atoms with Gasteiger partial charge in [-0.1, -0.05) is 194 Å². The predicted molar refractivity (Wildman–Crippen MR) is 214 cm³/mol. The Labute approximate surface area is 333 Å². The monoisotopic (exact) mass is 825 g/mol. The average molecular weight is 827 g/mol. The van der Waals surface area contributed by atoms with Crippen LogP contribution in [0.2, 0.25) is 0 Å². The van der Waals surface area contributed by atoms with E-state index in [1.165, 1.54) is 219 Å². The molecule has 5 heteroatoms. The number of ether oxygens (including phenoxy) is 1. The van der Waals surface area contributed by atoms with Crippen LogP contribution in [0.15, 0.2) is 0 Å². The lowest BCUT2D eigenvalue weighted by Crippen LogP contribution is -3.00. The van der Waals surface area contributed by atoms with Crippen molar-refractivity contribution < 1.29 is 47.7 Å². The molecule has 3 nitrogen and oxygen atoms in total. The van der Waals surface area contributed by atoms with E-state index in [2.05, 4.69) is 42.0 Å². The summed E-state index contributed by atoms with van der Waals surface area (Å²) in [4.78, 5) is 0. The molecular weight excluding hydrogens is 732 g/mol. The zero-order chi connectivity index (χ0) is 34.6. The Morgan fingerprint density at radius 1 is 0.265 bits per heavy atom. The van der Waals surface area contributed by atoms with Gasteiger partial charge in [0.2, 0.25) is 0 Å². The largest absolute Gasteiger partial charge is 1.00 e. The molecule has 0 fully saturated rings. The maximum Gasteiger partial charge on any atom is 0.102 e. The molecule has 0 rings (SSSR count). The van der Waals surface area contributed by atoms with Gasteiger partial charge in [-0.25, -0.2) is 0 Å². The number of hydrogen-bond donors (Lipinski definition) is 0. The van der Waals surface area contributed by atoms with Gasteiger partial charge in [0, 0.05) is 0 Å². The smallest absolute Gasteiger partial charge is 0.102 e. The first-order valence-electron chi connectivity index (χ1n) is 22.0. The van der Waals surface area contributed by atoms with Crippen LogP contribution >= 0.6 is 0 Å². The van der Waals surface area contributed by atoms with Gasteiger partial charge in [-0.2, -0.15) is 0 Å². The highest BCUT2D eigenvalue weighted by Crippen LogP contribution is 2.16.